The topological polar surface area (TPSA) is 51.1 Å². The third kappa shape index (κ3) is 4.52. The van der Waals surface area contributed by atoms with Crippen molar-refractivity contribution in [3.63, 3.8) is 0 Å². The van der Waals surface area contributed by atoms with E-state index in [9.17, 15) is 13.9 Å². The lowest BCUT2D eigenvalue weighted by Gasteiger charge is -2.38. The second-order valence-corrected chi connectivity index (χ2v) is 6.96. The van der Waals surface area contributed by atoms with Crippen LogP contribution in [0.5, 0.6) is 5.75 Å². The molecule has 1 fully saturated rings. The molecule has 2 N–H and O–H groups in total. The number of benzene rings is 2. The molecule has 1 saturated heterocycles. The summed E-state index contributed by atoms with van der Waals surface area (Å²) < 4.78 is 27.1. The Morgan fingerprint density at radius 2 is 1.86 bits per heavy atom. The van der Waals surface area contributed by atoms with Crippen LogP contribution < -0.4 is 10.2 Å². The van der Waals surface area contributed by atoms with Gasteiger partial charge in [-0.3, -0.25) is 4.99 Å². The van der Waals surface area contributed by atoms with Crippen molar-refractivity contribution in [3.8, 4) is 5.75 Å². The molecule has 0 bridgehead atoms. The van der Waals surface area contributed by atoms with Gasteiger partial charge < -0.3 is 20.2 Å². The van der Waals surface area contributed by atoms with E-state index in [1.54, 1.807) is 13.1 Å². The molecule has 3 rings (SSSR count). The van der Waals surface area contributed by atoms with Crippen molar-refractivity contribution in [1.29, 1.82) is 0 Å². The standard InChI is InChI=1S/C21H26F2N4O/c1-15(17-8-7-16(22)13-18(17)23)14-25-21(24-2)27-11-9-26(10-12-27)19-5-3-4-6-20(19)28/h3-8,13,15,28H,9-12,14H2,1-2H3,(H,24,25). The maximum Gasteiger partial charge on any atom is 0.193 e. The molecule has 2 aromatic rings. The van der Waals surface area contributed by atoms with Crippen molar-refractivity contribution in [3.05, 3.63) is 59.7 Å². The quantitative estimate of drug-likeness (QED) is 0.624. The van der Waals surface area contributed by atoms with Crippen molar-refractivity contribution in [2.45, 2.75) is 12.8 Å². The van der Waals surface area contributed by atoms with Crippen LogP contribution in [-0.2, 0) is 0 Å². The molecule has 0 aromatic heterocycles. The Morgan fingerprint density at radius 3 is 2.50 bits per heavy atom. The highest BCUT2D eigenvalue weighted by atomic mass is 19.1. The molecule has 1 unspecified atom stereocenters. The molecule has 150 valence electrons. The van der Waals surface area contributed by atoms with Crippen LogP contribution in [0.3, 0.4) is 0 Å². The Balaban J connectivity index is 1.56. The van der Waals surface area contributed by atoms with Gasteiger partial charge >= 0.3 is 0 Å². The number of nitrogens with one attached hydrogen (secondary N) is 1. The van der Waals surface area contributed by atoms with Gasteiger partial charge in [0.1, 0.15) is 17.4 Å². The number of guanidine groups is 1. The monoisotopic (exact) mass is 388 g/mol. The zero-order chi connectivity index (χ0) is 20.1. The van der Waals surface area contributed by atoms with Gasteiger partial charge in [-0.25, -0.2) is 8.78 Å². The number of aliphatic imine (C=N–C) groups is 1. The number of phenols is 1. The van der Waals surface area contributed by atoms with Crippen molar-refractivity contribution in [1.82, 2.24) is 10.2 Å². The van der Waals surface area contributed by atoms with Crippen LogP contribution in [0.1, 0.15) is 18.4 Å². The third-order valence-electron chi connectivity index (χ3n) is 5.07. The fourth-order valence-electron chi connectivity index (χ4n) is 3.48. The minimum atomic E-state index is -0.570. The van der Waals surface area contributed by atoms with Crippen LogP contribution in [0, 0.1) is 11.6 Å². The summed E-state index contributed by atoms with van der Waals surface area (Å²) in [5, 5.41) is 13.3. The van der Waals surface area contributed by atoms with Gasteiger partial charge in [0.05, 0.1) is 5.69 Å². The molecule has 1 heterocycles. The highest BCUT2D eigenvalue weighted by molar-refractivity contribution is 5.80. The second kappa shape index (κ2) is 8.91. The third-order valence-corrected chi connectivity index (χ3v) is 5.07. The molecule has 1 aliphatic rings. The van der Waals surface area contributed by atoms with E-state index in [-0.39, 0.29) is 11.7 Å². The average Bonchev–Trinajstić information content (AvgIpc) is 2.69. The van der Waals surface area contributed by atoms with Crippen LogP contribution in [0.15, 0.2) is 47.5 Å². The molecule has 2 aromatic carbocycles. The van der Waals surface area contributed by atoms with Crippen LogP contribution in [0.2, 0.25) is 0 Å². The van der Waals surface area contributed by atoms with Crippen LogP contribution in [0.25, 0.3) is 0 Å². The van der Waals surface area contributed by atoms with Crippen molar-refractivity contribution < 1.29 is 13.9 Å². The number of piperazine rings is 1. The molecule has 1 atom stereocenters. The summed E-state index contributed by atoms with van der Waals surface area (Å²) >= 11 is 0. The summed E-state index contributed by atoms with van der Waals surface area (Å²) in [6.45, 7) is 5.43. The molecule has 7 heteroatoms. The van der Waals surface area contributed by atoms with Gasteiger partial charge in [-0.2, -0.15) is 0 Å². The maximum atomic E-state index is 14.0. The van der Waals surface area contributed by atoms with E-state index in [2.05, 4.69) is 20.1 Å². The minimum Gasteiger partial charge on any atom is -0.506 e. The highest BCUT2D eigenvalue weighted by Crippen LogP contribution is 2.27. The van der Waals surface area contributed by atoms with E-state index in [1.165, 1.54) is 12.1 Å². The van der Waals surface area contributed by atoms with Gasteiger partial charge in [0.15, 0.2) is 5.96 Å². The van der Waals surface area contributed by atoms with E-state index < -0.39 is 11.6 Å². The number of para-hydroxylation sites is 2. The first-order valence-electron chi connectivity index (χ1n) is 9.43. The van der Waals surface area contributed by atoms with Crippen molar-refractivity contribution >= 4 is 11.6 Å². The highest BCUT2D eigenvalue weighted by Gasteiger charge is 2.22. The lowest BCUT2D eigenvalue weighted by molar-refractivity contribution is 0.369. The van der Waals surface area contributed by atoms with Gasteiger partial charge in [-0.15, -0.1) is 0 Å². The zero-order valence-electron chi connectivity index (χ0n) is 16.2. The van der Waals surface area contributed by atoms with Gasteiger partial charge in [0.2, 0.25) is 0 Å². The van der Waals surface area contributed by atoms with Gasteiger partial charge in [0.25, 0.3) is 0 Å². The van der Waals surface area contributed by atoms with Gasteiger partial charge in [0, 0.05) is 51.8 Å². The Bertz CT molecular complexity index is 835. The van der Waals surface area contributed by atoms with Crippen LogP contribution in [0.4, 0.5) is 14.5 Å². The number of anilines is 1. The van der Waals surface area contributed by atoms with E-state index in [0.29, 0.717) is 12.1 Å². The summed E-state index contributed by atoms with van der Waals surface area (Å²) in [5.41, 5.74) is 1.32. The van der Waals surface area contributed by atoms with E-state index >= 15 is 0 Å². The minimum absolute atomic E-state index is 0.125. The van der Waals surface area contributed by atoms with E-state index in [4.69, 9.17) is 0 Å². The summed E-state index contributed by atoms with van der Waals surface area (Å²) in [6.07, 6.45) is 0. The maximum absolute atomic E-state index is 14.0. The molecular weight excluding hydrogens is 362 g/mol. The summed E-state index contributed by atoms with van der Waals surface area (Å²) in [7, 11) is 1.72. The second-order valence-electron chi connectivity index (χ2n) is 6.96. The molecule has 5 nitrogen and oxygen atoms in total. The first kappa shape index (κ1) is 19.9. The molecular formula is C21H26F2N4O. The molecule has 0 amide bonds. The molecule has 28 heavy (non-hydrogen) atoms. The van der Waals surface area contributed by atoms with Crippen molar-refractivity contribution in [2.24, 2.45) is 4.99 Å². The van der Waals surface area contributed by atoms with Gasteiger partial charge in [-0.05, 0) is 23.8 Å². The number of nitrogens with zero attached hydrogens (tertiary/aromatic N) is 3. The molecule has 0 saturated carbocycles. The number of hydrogen-bond acceptors (Lipinski definition) is 3. The van der Waals surface area contributed by atoms with Crippen molar-refractivity contribution in [2.75, 3.05) is 44.7 Å². The van der Waals surface area contributed by atoms with E-state index in [1.807, 2.05) is 25.1 Å². The Morgan fingerprint density at radius 1 is 1.14 bits per heavy atom. The smallest absolute Gasteiger partial charge is 0.193 e. The molecule has 1 aliphatic heterocycles. The Kier molecular flexibility index (Phi) is 6.34. The summed E-state index contributed by atoms with van der Waals surface area (Å²) in [5.74, 6) is -0.181. The fourth-order valence-corrected chi connectivity index (χ4v) is 3.48. The van der Waals surface area contributed by atoms with E-state index in [0.717, 1.165) is 43.9 Å². The Hall–Kier alpha value is -2.83. The fraction of sp³-hybridized carbons (Fsp3) is 0.381. The number of aromatic hydroxyl groups is 1. The lowest BCUT2D eigenvalue weighted by Crippen LogP contribution is -2.53. The predicted octanol–water partition coefficient (Wildman–Crippen LogP) is 3.17. The summed E-state index contributed by atoms with van der Waals surface area (Å²) in [4.78, 5) is 8.63. The molecule has 0 radical (unpaired) electrons. The van der Waals surface area contributed by atoms with Crippen LogP contribution in [-0.4, -0.2) is 55.7 Å². The SMILES string of the molecule is CN=C(NCC(C)c1ccc(F)cc1F)N1CCN(c2ccccc2O)CC1. The lowest BCUT2D eigenvalue weighted by atomic mass is 10.0. The molecule has 0 spiro atoms. The van der Waals surface area contributed by atoms with Gasteiger partial charge in [-0.1, -0.05) is 25.1 Å². The first-order chi connectivity index (χ1) is 13.5. The normalized spacial score (nSPS) is 16.2. The number of halogens is 2. The predicted molar refractivity (Wildman–Crippen MR) is 108 cm³/mol. The zero-order valence-corrected chi connectivity index (χ0v) is 16.2. The number of phenolic OH excluding ortho intramolecular Hbond substituents is 1. The largest absolute Gasteiger partial charge is 0.506 e. The average molecular weight is 388 g/mol. The molecule has 0 aliphatic carbocycles. The Labute approximate surface area is 164 Å². The first-order valence-corrected chi connectivity index (χ1v) is 9.43. The number of hydrogen-bond donors (Lipinski definition) is 2. The number of rotatable bonds is 4. The van der Waals surface area contributed by atoms with Crippen LogP contribution >= 0.6 is 0 Å². The summed E-state index contributed by atoms with van der Waals surface area (Å²) in [6, 6.07) is 11.0.